The molecule has 7 nitrogen and oxygen atoms in total. The van der Waals surface area contributed by atoms with Gasteiger partial charge in [0.05, 0.1) is 13.2 Å². The van der Waals surface area contributed by atoms with Crippen molar-refractivity contribution in [2.24, 2.45) is 0 Å². The van der Waals surface area contributed by atoms with E-state index in [0.717, 1.165) is 28.7 Å². The average Bonchev–Trinajstić information content (AvgIpc) is 2.78. The maximum Gasteiger partial charge on any atom is 0.232 e. The molecule has 0 bridgehead atoms. The molecule has 1 saturated heterocycles. The fourth-order valence-electron chi connectivity index (χ4n) is 3.04. The molecule has 0 amide bonds. The Balaban J connectivity index is 1.51. The Hall–Kier alpha value is -2.42. The zero-order valence-electron chi connectivity index (χ0n) is 16.3. The summed E-state index contributed by atoms with van der Waals surface area (Å²) in [7, 11) is 0. The second-order valence-electron chi connectivity index (χ2n) is 6.85. The summed E-state index contributed by atoms with van der Waals surface area (Å²) in [4.78, 5) is 15.9. The third-order valence-electron chi connectivity index (χ3n) is 4.62. The molecule has 2 aromatic carbocycles. The van der Waals surface area contributed by atoms with Crippen LogP contribution in [0.5, 0.6) is 0 Å². The van der Waals surface area contributed by atoms with Gasteiger partial charge in [-0.1, -0.05) is 51.8 Å². The molecular weight excluding hydrogens is 468 g/mol. The number of benzene rings is 2. The summed E-state index contributed by atoms with van der Waals surface area (Å²) in [6, 6.07) is 15.8. The summed E-state index contributed by atoms with van der Waals surface area (Å²) in [5, 5.41) is 7.33. The maximum atomic E-state index is 5.97. The minimum atomic E-state index is 0.526. The number of anilines is 3. The van der Waals surface area contributed by atoms with Gasteiger partial charge in [0, 0.05) is 35.7 Å². The topological polar surface area (TPSA) is 75.2 Å². The first kappa shape index (κ1) is 20.8. The molecule has 0 radical (unpaired) electrons. The van der Waals surface area contributed by atoms with Crippen LogP contribution in [0.4, 0.5) is 17.8 Å². The standard InChI is InChI=1S/C21H22BrClN6O/c22-17-3-1-2-16(12-17)14-25-20-26-19(24-13-15-4-6-18(23)7-5-15)27-21(28-20)29-8-10-30-11-9-29/h1-7,12H,8-11,13-14H2,(H2,24,25,26,27,28). The first-order valence-electron chi connectivity index (χ1n) is 9.71. The Morgan fingerprint density at radius 1 is 0.900 bits per heavy atom. The lowest BCUT2D eigenvalue weighted by Crippen LogP contribution is -2.37. The molecule has 4 rings (SSSR count). The number of hydrogen-bond donors (Lipinski definition) is 2. The van der Waals surface area contributed by atoms with Gasteiger partial charge in [-0.2, -0.15) is 15.0 Å². The van der Waals surface area contributed by atoms with Gasteiger partial charge in [0.1, 0.15) is 0 Å². The third-order valence-corrected chi connectivity index (χ3v) is 5.37. The third kappa shape index (κ3) is 5.81. The van der Waals surface area contributed by atoms with Crippen molar-refractivity contribution < 1.29 is 4.74 Å². The van der Waals surface area contributed by atoms with Crippen molar-refractivity contribution in [1.29, 1.82) is 0 Å². The van der Waals surface area contributed by atoms with Crippen molar-refractivity contribution >= 4 is 45.4 Å². The van der Waals surface area contributed by atoms with Gasteiger partial charge in [-0.25, -0.2) is 0 Å². The van der Waals surface area contributed by atoms with Crippen LogP contribution in [0.1, 0.15) is 11.1 Å². The molecule has 2 heterocycles. The van der Waals surface area contributed by atoms with Crippen molar-refractivity contribution in [3.8, 4) is 0 Å². The summed E-state index contributed by atoms with van der Waals surface area (Å²) in [6.45, 7) is 4.05. The van der Waals surface area contributed by atoms with Gasteiger partial charge in [0.25, 0.3) is 0 Å². The monoisotopic (exact) mass is 488 g/mol. The Morgan fingerprint density at radius 3 is 2.23 bits per heavy atom. The quantitative estimate of drug-likeness (QED) is 0.511. The van der Waals surface area contributed by atoms with E-state index in [1.165, 1.54) is 0 Å². The van der Waals surface area contributed by atoms with Crippen molar-refractivity contribution in [2.75, 3.05) is 41.8 Å². The van der Waals surface area contributed by atoms with Crippen LogP contribution in [0, 0.1) is 0 Å². The number of rotatable bonds is 7. The average molecular weight is 490 g/mol. The Labute approximate surface area is 189 Å². The second-order valence-corrected chi connectivity index (χ2v) is 8.20. The second kappa shape index (κ2) is 10.1. The minimum absolute atomic E-state index is 0.526. The van der Waals surface area contributed by atoms with Crippen LogP contribution in [0.25, 0.3) is 0 Å². The molecule has 0 unspecified atom stereocenters. The summed E-state index contributed by atoms with van der Waals surface area (Å²) in [6.07, 6.45) is 0. The Bertz CT molecular complexity index is 981. The molecular formula is C21H22BrClN6O. The highest BCUT2D eigenvalue weighted by atomic mass is 79.9. The first-order chi connectivity index (χ1) is 14.7. The zero-order chi connectivity index (χ0) is 20.8. The van der Waals surface area contributed by atoms with Crippen molar-refractivity contribution in [3.63, 3.8) is 0 Å². The predicted octanol–water partition coefficient (Wildman–Crippen LogP) is 4.35. The van der Waals surface area contributed by atoms with Crippen LogP contribution in [0.15, 0.2) is 53.0 Å². The molecule has 3 aromatic rings. The number of halogens is 2. The van der Waals surface area contributed by atoms with E-state index in [-0.39, 0.29) is 0 Å². The molecule has 1 aliphatic rings. The highest BCUT2D eigenvalue weighted by molar-refractivity contribution is 9.10. The molecule has 0 atom stereocenters. The number of ether oxygens (including phenoxy) is 1. The molecule has 0 spiro atoms. The van der Waals surface area contributed by atoms with E-state index in [4.69, 9.17) is 16.3 Å². The number of aromatic nitrogens is 3. The lowest BCUT2D eigenvalue weighted by Gasteiger charge is -2.27. The largest absolute Gasteiger partial charge is 0.378 e. The normalized spacial score (nSPS) is 13.9. The summed E-state index contributed by atoms with van der Waals surface area (Å²) in [5.41, 5.74) is 2.23. The molecule has 9 heteroatoms. The first-order valence-corrected chi connectivity index (χ1v) is 10.9. The zero-order valence-corrected chi connectivity index (χ0v) is 18.7. The highest BCUT2D eigenvalue weighted by Gasteiger charge is 2.16. The summed E-state index contributed by atoms with van der Waals surface area (Å²) >= 11 is 9.48. The van der Waals surface area contributed by atoms with Gasteiger partial charge < -0.3 is 20.3 Å². The fourth-order valence-corrected chi connectivity index (χ4v) is 3.61. The van der Waals surface area contributed by atoms with E-state index in [0.29, 0.717) is 49.2 Å². The molecule has 0 aliphatic carbocycles. The maximum absolute atomic E-state index is 5.97. The summed E-state index contributed by atoms with van der Waals surface area (Å²) in [5.74, 6) is 1.70. The molecule has 1 aromatic heterocycles. The Kier molecular flexibility index (Phi) is 6.99. The van der Waals surface area contributed by atoms with Gasteiger partial charge in [0.2, 0.25) is 17.8 Å². The van der Waals surface area contributed by atoms with Crippen LogP contribution >= 0.6 is 27.5 Å². The number of hydrogen-bond acceptors (Lipinski definition) is 7. The van der Waals surface area contributed by atoms with E-state index >= 15 is 0 Å². The van der Waals surface area contributed by atoms with E-state index in [1.54, 1.807) is 0 Å². The molecule has 30 heavy (non-hydrogen) atoms. The SMILES string of the molecule is Clc1ccc(CNc2nc(NCc3cccc(Br)c3)nc(N3CCOCC3)n2)cc1. The van der Waals surface area contributed by atoms with Crippen molar-refractivity contribution in [2.45, 2.75) is 13.1 Å². The van der Waals surface area contributed by atoms with E-state index < -0.39 is 0 Å². The van der Waals surface area contributed by atoms with Crippen LogP contribution in [0.3, 0.4) is 0 Å². The van der Waals surface area contributed by atoms with Crippen LogP contribution < -0.4 is 15.5 Å². The number of morpholine rings is 1. The molecule has 156 valence electrons. The number of nitrogens with one attached hydrogen (secondary N) is 2. The number of nitrogens with zero attached hydrogens (tertiary/aromatic N) is 4. The van der Waals surface area contributed by atoms with E-state index in [9.17, 15) is 0 Å². The van der Waals surface area contributed by atoms with Crippen LogP contribution in [-0.2, 0) is 17.8 Å². The van der Waals surface area contributed by atoms with E-state index in [1.807, 2.05) is 36.4 Å². The molecule has 0 saturated carbocycles. The smallest absolute Gasteiger partial charge is 0.232 e. The van der Waals surface area contributed by atoms with Gasteiger partial charge in [-0.3, -0.25) is 0 Å². The van der Waals surface area contributed by atoms with Crippen LogP contribution in [-0.4, -0.2) is 41.3 Å². The molecule has 2 N–H and O–H groups in total. The summed E-state index contributed by atoms with van der Waals surface area (Å²) < 4.78 is 6.49. The predicted molar refractivity (Wildman–Crippen MR) is 123 cm³/mol. The Morgan fingerprint density at radius 2 is 1.57 bits per heavy atom. The van der Waals surface area contributed by atoms with Gasteiger partial charge in [0.15, 0.2) is 0 Å². The fraction of sp³-hybridized carbons (Fsp3) is 0.286. The van der Waals surface area contributed by atoms with Crippen LogP contribution in [0.2, 0.25) is 5.02 Å². The van der Waals surface area contributed by atoms with E-state index in [2.05, 4.69) is 58.5 Å². The molecule has 1 aliphatic heterocycles. The molecule has 1 fully saturated rings. The lowest BCUT2D eigenvalue weighted by atomic mass is 10.2. The van der Waals surface area contributed by atoms with Crippen molar-refractivity contribution in [3.05, 3.63) is 69.2 Å². The van der Waals surface area contributed by atoms with Gasteiger partial charge >= 0.3 is 0 Å². The highest BCUT2D eigenvalue weighted by Crippen LogP contribution is 2.18. The van der Waals surface area contributed by atoms with Gasteiger partial charge in [-0.05, 0) is 35.4 Å². The van der Waals surface area contributed by atoms with Crippen molar-refractivity contribution in [1.82, 2.24) is 15.0 Å². The lowest BCUT2D eigenvalue weighted by molar-refractivity contribution is 0.122. The van der Waals surface area contributed by atoms with Gasteiger partial charge in [-0.15, -0.1) is 0 Å². The minimum Gasteiger partial charge on any atom is -0.378 e.